The maximum absolute atomic E-state index is 12.5. The minimum atomic E-state index is 0.0422. The van der Waals surface area contributed by atoms with E-state index in [0.717, 1.165) is 24.0 Å². The molecule has 5 heteroatoms. The number of nitrogens with one attached hydrogen (secondary N) is 1. The topological polar surface area (TPSA) is 32.3 Å². The standard InChI is InChI=1S/C13H16BrClN2O/c1-2-17(10-5-6-16-8-10)13(18)11-7-9(15)3-4-12(11)14/h3-4,7,10,16H,2,5-6,8H2,1H3. The van der Waals surface area contributed by atoms with Crippen LogP contribution < -0.4 is 5.32 Å². The number of hydrogen-bond acceptors (Lipinski definition) is 2. The Labute approximate surface area is 121 Å². The van der Waals surface area contributed by atoms with E-state index < -0.39 is 0 Å². The summed E-state index contributed by atoms with van der Waals surface area (Å²) in [4.78, 5) is 14.5. The van der Waals surface area contributed by atoms with Crippen LogP contribution in [0, 0.1) is 0 Å². The van der Waals surface area contributed by atoms with Gasteiger partial charge in [-0.3, -0.25) is 4.79 Å². The quantitative estimate of drug-likeness (QED) is 0.923. The van der Waals surface area contributed by atoms with E-state index in [1.165, 1.54) is 0 Å². The summed E-state index contributed by atoms with van der Waals surface area (Å²) in [5, 5.41) is 3.87. The molecule has 2 rings (SSSR count). The maximum atomic E-state index is 12.5. The van der Waals surface area contributed by atoms with Crippen molar-refractivity contribution < 1.29 is 4.79 Å². The Kier molecular flexibility index (Phi) is 4.65. The molecule has 1 amide bonds. The van der Waals surface area contributed by atoms with Gasteiger partial charge in [-0.25, -0.2) is 0 Å². The molecular weight excluding hydrogens is 316 g/mol. The number of amides is 1. The van der Waals surface area contributed by atoms with Gasteiger partial charge in [-0.2, -0.15) is 0 Å². The second-order valence-corrected chi connectivity index (χ2v) is 5.65. The third-order valence-electron chi connectivity index (χ3n) is 3.24. The van der Waals surface area contributed by atoms with Gasteiger partial charge in [0.25, 0.3) is 5.91 Å². The van der Waals surface area contributed by atoms with Crippen LogP contribution in [0.4, 0.5) is 0 Å². The summed E-state index contributed by atoms with van der Waals surface area (Å²) in [5.74, 6) is 0.0422. The van der Waals surface area contributed by atoms with E-state index in [4.69, 9.17) is 11.6 Å². The highest BCUT2D eigenvalue weighted by molar-refractivity contribution is 9.10. The number of hydrogen-bond donors (Lipinski definition) is 1. The molecule has 1 aliphatic rings. The molecular formula is C13H16BrClN2O. The van der Waals surface area contributed by atoms with E-state index in [0.29, 0.717) is 17.1 Å². The molecule has 0 radical (unpaired) electrons. The van der Waals surface area contributed by atoms with E-state index in [1.54, 1.807) is 12.1 Å². The summed E-state index contributed by atoms with van der Waals surface area (Å²) in [7, 11) is 0. The molecule has 1 saturated heterocycles. The number of halogens is 2. The minimum absolute atomic E-state index is 0.0422. The van der Waals surface area contributed by atoms with Gasteiger partial charge in [0, 0.05) is 28.6 Å². The van der Waals surface area contributed by atoms with Crippen molar-refractivity contribution in [2.24, 2.45) is 0 Å². The molecule has 0 aromatic heterocycles. The highest BCUT2D eigenvalue weighted by Gasteiger charge is 2.27. The van der Waals surface area contributed by atoms with Crippen LogP contribution >= 0.6 is 27.5 Å². The van der Waals surface area contributed by atoms with E-state index in [9.17, 15) is 4.79 Å². The summed E-state index contributed by atoms with van der Waals surface area (Å²) in [6.45, 7) is 4.57. The van der Waals surface area contributed by atoms with Crippen molar-refractivity contribution in [2.45, 2.75) is 19.4 Å². The van der Waals surface area contributed by atoms with Gasteiger partial charge < -0.3 is 10.2 Å². The van der Waals surface area contributed by atoms with Crippen LogP contribution in [-0.4, -0.2) is 36.5 Å². The Bertz CT molecular complexity index is 447. The summed E-state index contributed by atoms with van der Waals surface area (Å²) in [5.41, 5.74) is 0.635. The molecule has 0 aliphatic carbocycles. The maximum Gasteiger partial charge on any atom is 0.255 e. The highest BCUT2D eigenvalue weighted by atomic mass is 79.9. The molecule has 1 atom stereocenters. The van der Waals surface area contributed by atoms with Gasteiger partial charge in [-0.1, -0.05) is 11.6 Å². The van der Waals surface area contributed by atoms with Gasteiger partial charge in [0.15, 0.2) is 0 Å². The first kappa shape index (κ1) is 13.8. The molecule has 1 fully saturated rings. The lowest BCUT2D eigenvalue weighted by Gasteiger charge is -2.27. The lowest BCUT2D eigenvalue weighted by atomic mass is 10.1. The number of rotatable bonds is 3. The average molecular weight is 332 g/mol. The fourth-order valence-electron chi connectivity index (χ4n) is 2.29. The molecule has 0 saturated carbocycles. The van der Waals surface area contributed by atoms with E-state index in [-0.39, 0.29) is 11.9 Å². The predicted octanol–water partition coefficient (Wildman–Crippen LogP) is 2.93. The Morgan fingerprint density at radius 1 is 1.61 bits per heavy atom. The Morgan fingerprint density at radius 3 is 3.00 bits per heavy atom. The van der Waals surface area contributed by atoms with Gasteiger partial charge in [0.05, 0.1) is 5.56 Å². The average Bonchev–Trinajstić information content (AvgIpc) is 2.87. The Balaban J connectivity index is 2.25. The second-order valence-electron chi connectivity index (χ2n) is 4.36. The van der Waals surface area contributed by atoms with Gasteiger partial charge in [0.1, 0.15) is 0 Å². The van der Waals surface area contributed by atoms with Crippen LogP contribution in [0.5, 0.6) is 0 Å². The summed E-state index contributed by atoms with van der Waals surface area (Å²) in [6, 6.07) is 5.60. The Morgan fingerprint density at radius 2 is 2.39 bits per heavy atom. The zero-order valence-electron chi connectivity index (χ0n) is 10.2. The molecule has 18 heavy (non-hydrogen) atoms. The van der Waals surface area contributed by atoms with Crippen molar-refractivity contribution in [1.82, 2.24) is 10.2 Å². The molecule has 1 aliphatic heterocycles. The molecule has 1 N–H and O–H groups in total. The number of benzene rings is 1. The highest BCUT2D eigenvalue weighted by Crippen LogP contribution is 2.24. The first-order valence-corrected chi connectivity index (χ1v) is 7.27. The second kappa shape index (κ2) is 6.04. The van der Waals surface area contributed by atoms with Crippen LogP contribution in [0.15, 0.2) is 22.7 Å². The van der Waals surface area contributed by atoms with Gasteiger partial charge in [0.2, 0.25) is 0 Å². The smallest absolute Gasteiger partial charge is 0.255 e. The van der Waals surface area contributed by atoms with Crippen molar-refractivity contribution in [3.63, 3.8) is 0 Å². The predicted molar refractivity (Wildman–Crippen MR) is 77.1 cm³/mol. The lowest BCUT2D eigenvalue weighted by Crippen LogP contribution is -2.41. The molecule has 1 aromatic rings. The Hall–Kier alpha value is -0.580. The number of nitrogens with zero attached hydrogens (tertiary/aromatic N) is 1. The fourth-order valence-corrected chi connectivity index (χ4v) is 2.88. The van der Waals surface area contributed by atoms with Crippen LogP contribution in [-0.2, 0) is 0 Å². The minimum Gasteiger partial charge on any atom is -0.335 e. The third-order valence-corrected chi connectivity index (χ3v) is 4.16. The zero-order chi connectivity index (χ0) is 13.1. The van der Waals surface area contributed by atoms with E-state index >= 15 is 0 Å². The number of carbonyl (C=O) groups is 1. The molecule has 3 nitrogen and oxygen atoms in total. The van der Waals surface area contributed by atoms with Crippen LogP contribution in [0.25, 0.3) is 0 Å². The molecule has 98 valence electrons. The largest absolute Gasteiger partial charge is 0.335 e. The SMILES string of the molecule is CCN(C(=O)c1cc(Cl)ccc1Br)C1CCNC1. The van der Waals surface area contributed by atoms with E-state index in [1.807, 2.05) is 17.9 Å². The summed E-state index contributed by atoms with van der Waals surface area (Å²) < 4.78 is 0.793. The van der Waals surface area contributed by atoms with Crippen molar-refractivity contribution in [3.8, 4) is 0 Å². The normalized spacial score (nSPS) is 18.9. The number of likely N-dealkylation sites (N-methyl/N-ethyl adjacent to an activating group) is 1. The van der Waals surface area contributed by atoms with Gasteiger partial charge >= 0.3 is 0 Å². The van der Waals surface area contributed by atoms with Gasteiger partial charge in [-0.15, -0.1) is 0 Å². The first-order chi connectivity index (χ1) is 8.63. The molecule has 0 spiro atoms. The van der Waals surface area contributed by atoms with E-state index in [2.05, 4.69) is 21.2 Å². The zero-order valence-corrected chi connectivity index (χ0v) is 12.6. The van der Waals surface area contributed by atoms with Crippen molar-refractivity contribution in [2.75, 3.05) is 19.6 Å². The number of carbonyl (C=O) groups excluding carboxylic acids is 1. The van der Waals surface area contributed by atoms with Crippen molar-refractivity contribution >= 4 is 33.4 Å². The molecule has 0 bridgehead atoms. The van der Waals surface area contributed by atoms with Crippen LogP contribution in [0.3, 0.4) is 0 Å². The van der Waals surface area contributed by atoms with Crippen molar-refractivity contribution in [3.05, 3.63) is 33.3 Å². The molecule has 1 aromatic carbocycles. The summed E-state index contributed by atoms with van der Waals surface area (Å²) in [6.07, 6.45) is 1.01. The fraction of sp³-hybridized carbons (Fsp3) is 0.462. The molecule has 1 heterocycles. The van der Waals surface area contributed by atoms with Gasteiger partial charge in [-0.05, 0) is 54.0 Å². The first-order valence-electron chi connectivity index (χ1n) is 6.10. The van der Waals surface area contributed by atoms with Crippen LogP contribution in [0.2, 0.25) is 5.02 Å². The van der Waals surface area contributed by atoms with Crippen molar-refractivity contribution in [1.29, 1.82) is 0 Å². The van der Waals surface area contributed by atoms with Crippen LogP contribution in [0.1, 0.15) is 23.7 Å². The third kappa shape index (κ3) is 2.87. The summed E-state index contributed by atoms with van der Waals surface area (Å²) >= 11 is 9.38. The molecule has 1 unspecified atom stereocenters. The lowest BCUT2D eigenvalue weighted by molar-refractivity contribution is 0.0703. The monoisotopic (exact) mass is 330 g/mol.